The summed E-state index contributed by atoms with van der Waals surface area (Å²) in [5.74, 6) is -0.212. The van der Waals surface area contributed by atoms with Crippen molar-refractivity contribution in [3.05, 3.63) is 33.2 Å². The maximum atomic E-state index is 12.2. The summed E-state index contributed by atoms with van der Waals surface area (Å²) in [5, 5.41) is 0.378. The summed E-state index contributed by atoms with van der Waals surface area (Å²) in [6, 6.07) is 1.44. The summed E-state index contributed by atoms with van der Waals surface area (Å²) < 4.78 is 0. The zero-order chi connectivity index (χ0) is 12.3. The van der Waals surface area contributed by atoms with E-state index in [9.17, 15) is 9.59 Å². The molecule has 0 spiro atoms. The molecule has 1 N–H and O–H groups in total. The normalized spacial score (nSPS) is 16.6. The van der Waals surface area contributed by atoms with E-state index in [-0.39, 0.29) is 17.0 Å². The lowest BCUT2D eigenvalue weighted by Crippen LogP contribution is -2.35. The SMILES string of the molecule is O=C(c1cc(Cl)c[nH]c1=O)N1CCCCCC1. The van der Waals surface area contributed by atoms with E-state index in [1.54, 1.807) is 4.90 Å². The van der Waals surface area contributed by atoms with Crippen LogP contribution in [-0.4, -0.2) is 28.9 Å². The fraction of sp³-hybridized carbons (Fsp3) is 0.500. The van der Waals surface area contributed by atoms with Crippen LogP contribution in [0.5, 0.6) is 0 Å². The van der Waals surface area contributed by atoms with Crippen molar-refractivity contribution in [1.29, 1.82) is 0 Å². The van der Waals surface area contributed by atoms with Crippen molar-refractivity contribution in [2.24, 2.45) is 0 Å². The Hall–Kier alpha value is -1.29. The van der Waals surface area contributed by atoms with E-state index in [1.165, 1.54) is 12.3 Å². The second-order valence-electron chi connectivity index (χ2n) is 4.27. The lowest BCUT2D eigenvalue weighted by atomic mass is 10.2. The third-order valence-electron chi connectivity index (χ3n) is 2.99. The molecule has 2 heterocycles. The predicted octanol–water partition coefficient (Wildman–Crippen LogP) is 2.04. The smallest absolute Gasteiger partial charge is 0.260 e. The molecule has 1 fully saturated rings. The fourth-order valence-corrected chi connectivity index (χ4v) is 2.22. The first kappa shape index (κ1) is 12.2. The van der Waals surface area contributed by atoms with Gasteiger partial charge in [0.15, 0.2) is 0 Å². The van der Waals surface area contributed by atoms with Gasteiger partial charge in [0.2, 0.25) is 0 Å². The Kier molecular flexibility index (Phi) is 3.84. The third kappa shape index (κ3) is 2.88. The lowest BCUT2D eigenvalue weighted by Gasteiger charge is -2.19. The number of nitrogens with zero attached hydrogens (tertiary/aromatic N) is 1. The number of carbonyl (C=O) groups is 1. The number of rotatable bonds is 1. The van der Waals surface area contributed by atoms with Gasteiger partial charge in [-0.05, 0) is 18.9 Å². The van der Waals surface area contributed by atoms with Gasteiger partial charge < -0.3 is 9.88 Å². The topological polar surface area (TPSA) is 53.2 Å². The highest BCUT2D eigenvalue weighted by molar-refractivity contribution is 6.30. The molecular formula is C12H15ClN2O2. The molecule has 1 aliphatic rings. The zero-order valence-electron chi connectivity index (χ0n) is 9.54. The van der Waals surface area contributed by atoms with Crippen LogP contribution in [0.4, 0.5) is 0 Å². The molecule has 1 saturated heterocycles. The Bertz CT molecular complexity index is 462. The number of nitrogens with one attached hydrogen (secondary N) is 1. The van der Waals surface area contributed by atoms with E-state index in [4.69, 9.17) is 11.6 Å². The van der Waals surface area contributed by atoms with E-state index in [0.717, 1.165) is 38.8 Å². The average molecular weight is 255 g/mol. The van der Waals surface area contributed by atoms with Crippen molar-refractivity contribution in [2.75, 3.05) is 13.1 Å². The Labute approximate surface area is 105 Å². The second kappa shape index (κ2) is 5.36. The third-order valence-corrected chi connectivity index (χ3v) is 3.21. The number of hydrogen-bond acceptors (Lipinski definition) is 2. The van der Waals surface area contributed by atoms with Crippen LogP contribution in [0.3, 0.4) is 0 Å². The van der Waals surface area contributed by atoms with Gasteiger partial charge in [0.25, 0.3) is 11.5 Å². The van der Waals surface area contributed by atoms with Crippen LogP contribution in [0.2, 0.25) is 5.02 Å². The number of pyridine rings is 1. The highest BCUT2D eigenvalue weighted by atomic mass is 35.5. The van der Waals surface area contributed by atoms with Crippen molar-refractivity contribution in [2.45, 2.75) is 25.7 Å². The minimum absolute atomic E-state index is 0.138. The van der Waals surface area contributed by atoms with Crippen molar-refractivity contribution in [3.8, 4) is 0 Å². The summed E-state index contributed by atoms with van der Waals surface area (Å²) in [7, 11) is 0. The summed E-state index contributed by atoms with van der Waals surface area (Å²) in [6.07, 6.45) is 5.70. The second-order valence-corrected chi connectivity index (χ2v) is 4.70. The van der Waals surface area contributed by atoms with Gasteiger partial charge in [0, 0.05) is 19.3 Å². The van der Waals surface area contributed by atoms with Gasteiger partial charge in [-0.15, -0.1) is 0 Å². The maximum absolute atomic E-state index is 12.2. The Morgan fingerprint density at radius 1 is 1.24 bits per heavy atom. The number of hydrogen-bond donors (Lipinski definition) is 1. The largest absolute Gasteiger partial charge is 0.338 e. The summed E-state index contributed by atoms with van der Waals surface area (Å²) >= 11 is 5.79. The van der Waals surface area contributed by atoms with Crippen molar-refractivity contribution < 1.29 is 4.79 Å². The molecule has 1 amide bonds. The van der Waals surface area contributed by atoms with Crippen LogP contribution in [0.1, 0.15) is 36.0 Å². The summed E-state index contributed by atoms with van der Waals surface area (Å²) in [5.41, 5.74) is -0.233. The number of carbonyl (C=O) groups excluding carboxylic acids is 1. The number of likely N-dealkylation sites (tertiary alicyclic amines) is 1. The molecule has 0 radical (unpaired) electrons. The van der Waals surface area contributed by atoms with Crippen LogP contribution in [0.15, 0.2) is 17.1 Å². The molecule has 0 saturated carbocycles. The summed E-state index contributed by atoms with van der Waals surface area (Å²) in [6.45, 7) is 1.45. The Morgan fingerprint density at radius 2 is 1.88 bits per heavy atom. The predicted molar refractivity (Wildman–Crippen MR) is 66.4 cm³/mol. The first-order chi connectivity index (χ1) is 8.18. The number of aromatic amines is 1. The van der Waals surface area contributed by atoms with Crippen LogP contribution in [0, 0.1) is 0 Å². The van der Waals surface area contributed by atoms with E-state index >= 15 is 0 Å². The van der Waals surface area contributed by atoms with Crippen LogP contribution < -0.4 is 5.56 Å². The molecule has 0 bridgehead atoms. The first-order valence-electron chi connectivity index (χ1n) is 5.86. The molecule has 0 atom stereocenters. The standard InChI is InChI=1S/C12H15ClN2O2/c13-9-7-10(11(16)14-8-9)12(17)15-5-3-1-2-4-6-15/h7-8H,1-6H2,(H,14,16). The minimum atomic E-state index is -0.372. The molecule has 17 heavy (non-hydrogen) atoms. The van der Waals surface area contributed by atoms with E-state index in [2.05, 4.69) is 4.98 Å². The number of amides is 1. The van der Waals surface area contributed by atoms with Gasteiger partial charge in [0.05, 0.1) is 5.02 Å². The highest BCUT2D eigenvalue weighted by Gasteiger charge is 2.19. The molecule has 1 aromatic rings. The van der Waals surface area contributed by atoms with Gasteiger partial charge >= 0.3 is 0 Å². The monoisotopic (exact) mass is 254 g/mol. The van der Waals surface area contributed by atoms with Gasteiger partial charge in [-0.3, -0.25) is 9.59 Å². The molecule has 0 unspecified atom stereocenters. The number of aromatic nitrogens is 1. The lowest BCUT2D eigenvalue weighted by molar-refractivity contribution is 0.0760. The number of halogens is 1. The van der Waals surface area contributed by atoms with Crippen molar-refractivity contribution in [3.63, 3.8) is 0 Å². The average Bonchev–Trinajstić information content (AvgIpc) is 2.60. The highest BCUT2D eigenvalue weighted by Crippen LogP contribution is 2.13. The molecule has 5 heteroatoms. The summed E-state index contributed by atoms with van der Waals surface area (Å²) in [4.78, 5) is 28.0. The Balaban J connectivity index is 2.23. The van der Waals surface area contributed by atoms with Crippen LogP contribution >= 0.6 is 11.6 Å². The molecule has 0 aromatic carbocycles. The van der Waals surface area contributed by atoms with Crippen molar-refractivity contribution in [1.82, 2.24) is 9.88 Å². The number of H-pyrrole nitrogens is 1. The maximum Gasteiger partial charge on any atom is 0.260 e. The van der Waals surface area contributed by atoms with E-state index < -0.39 is 0 Å². The van der Waals surface area contributed by atoms with Gasteiger partial charge in [-0.25, -0.2) is 0 Å². The molecule has 4 nitrogen and oxygen atoms in total. The molecule has 2 rings (SSSR count). The molecule has 92 valence electrons. The Morgan fingerprint density at radius 3 is 2.53 bits per heavy atom. The van der Waals surface area contributed by atoms with Gasteiger partial charge in [-0.2, -0.15) is 0 Å². The van der Waals surface area contributed by atoms with E-state index in [1.807, 2.05) is 0 Å². The van der Waals surface area contributed by atoms with Gasteiger partial charge in [0.1, 0.15) is 5.56 Å². The van der Waals surface area contributed by atoms with Crippen LogP contribution in [-0.2, 0) is 0 Å². The fourth-order valence-electron chi connectivity index (χ4n) is 2.06. The van der Waals surface area contributed by atoms with Crippen LogP contribution in [0.25, 0.3) is 0 Å². The quantitative estimate of drug-likeness (QED) is 0.834. The zero-order valence-corrected chi connectivity index (χ0v) is 10.3. The molecule has 1 aliphatic heterocycles. The minimum Gasteiger partial charge on any atom is -0.338 e. The van der Waals surface area contributed by atoms with E-state index in [0.29, 0.717) is 5.02 Å². The first-order valence-corrected chi connectivity index (χ1v) is 6.24. The molecule has 0 aliphatic carbocycles. The van der Waals surface area contributed by atoms with Gasteiger partial charge in [-0.1, -0.05) is 24.4 Å². The molecule has 1 aromatic heterocycles. The molecular weight excluding hydrogens is 240 g/mol. The van der Waals surface area contributed by atoms with Crippen molar-refractivity contribution >= 4 is 17.5 Å².